The molecular formula is C36H68Si. The average molecular weight is 529 g/mol. The molecule has 1 aromatic rings. The first-order valence-electron chi connectivity index (χ1n) is 17.4. The second kappa shape index (κ2) is 28.4. The molecule has 0 atom stereocenters. The third kappa shape index (κ3) is 24.2. The molecule has 1 heteroatoms. The summed E-state index contributed by atoms with van der Waals surface area (Å²) in [5.41, 5.74) is 1.52. The fourth-order valence-corrected chi connectivity index (χ4v) is 9.50. The minimum atomic E-state index is -0.501. The quantitative estimate of drug-likeness (QED) is 0.0716. The molecule has 0 saturated heterocycles. The van der Waals surface area contributed by atoms with Gasteiger partial charge in [0.05, 0.1) is 0 Å². The van der Waals surface area contributed by atoms with Gasteiger partial charge in [0.25, 0.3) is 0 Å². The molecule has 0 amide bonds. The van der Waals surface area contributed by atoms with E-state index in [1.807, 2.05) is 0 Å². The SMILES string of the molecule is CCCCCCCCCCCC[SiH](CCCCCCCCCCCC)CCCCCCc1ccccc1. The smallest absolute Gasteiger partial charge is 0.0367 e. The van der Waals surface area contributed by atoms with Crippen LogP contribution in [0.25, 0.3) is 0 Å². The standard InChI is InChI=1S/C36H68Si/c1-3-5-7-9-11-13-15-17-20-27-33-37(34-28-21-18-16-14-12-10-8-6-4-2)35-29-22-19-24-30-36-31-25-23-26-32-36/h23,25-26,31-32,37H,3-22,24,27-30,33-35H2,1-2H3. The monoisotopic (exact) mass is 529 g/mol. The average Bonchev–Trinajstić information content (AvgIpc) is 2.92. The Morgan fingerprint density at radius 1 is 0.378 bits per heavy atom. The predicted molar refractivity (Wildman–Crippen MR) is 174 cm³/mol. The van der Waals surface area contributed by atoms with Crippen LogP contribution < -0.4 is 0 Å². The second-order valence-electron chi connectivity index (χ2n) is 12.2. The lowest BCUT2D eigenvalue weighted by atomic mass is 10.1. The molecule has 1 rings (SSSR count). The topological polar surface area (TPSA) is 0 Å². The Bertz CT molecular complexity index is 515. The molecule has 0 saturated carbocycles. The van der Waals surface area contributed by atoms with Crippen LogP contribution in [0, 0.1) is 0 Å². The molecule has 0 unspecified atom stereocenters. The van der Waals surface area contributed by atoms with Crippen molar-refractivity contribution >= 4 is 8.80 Å². The van der Waals surface area contributed by atoms with Crippen LogP contribution in [0.15, 0.2) is 30.3 Å². The zero-order valence-electron chi connectivity index (χ0n) is 25.8. The number of rotatable bonds is 29. The number of hydrogen-bond donors (Lipinski definition) is 0. The van der Waals surface area contributed by atoms with Crippen molar-refractivity contribution < 1.29 is 0 Å². The van der Waals surface area contributed by atoms with Gasteiger partial charge in [0.2, 0.25) is 0 Å². The van der Waals surface area contributed by atoms with E-state index in [0.29, 0.717) is 0 Å². The Morgan fingerprint density at radius 3 is 1.08 bits per heavy atom. The van der Waals surface area contributed by atoms with Gasteiger partial charge in [-0.3, -0.25) is 0 Å². The van der Waals surface area contributed by atoms with Crippen LogP contribution >= 0.6 is 0 Å². The van der Waals surface area contributed by atoms with Crippen LogP contribution in [-0.2, 0) is 6.42 Å². The van der Waals surface area contributed by atoms with Crippen molar-refractivity contribution in [2.24, 2.45) is 0 Å². The molecule has 0 aliphatic rings. The zero-order chi connectivity index (χ0) is 26.5. The molecule has 0 nitrogen and oxygen atoms in total. The fraction of sp³-hybridized carbons (Fsp3) is 0.833. The lowest BCUT2D eigenvalue weighted by Gasteiger charge is -2.15. The summed E-state index contributed by atoms with van der Waals surface area (Å²) in [5.74, 6) is 0. The minimum Gasteiger partial charge on any atom is -0.0654 e. The van der Waals surface area contributed by atoms with Gasteiger partial charge in [0.15, 0.2) is 0 Å². The Kier molecular flexibility index (Phi) is 26.5. The number of hydrogen-bond acceptors (Lipinski definition) is 0. The molecule has 0 aromatic heterocycles. The van der Waals surface area contributed by atoms with Crippen molar-refractivity contribution in [3.05, 3.63) is 35.9 Å². The molecule has 0 spiro atoms. The highest BCUT2D eigenvalue weighted by Gasteiger charge is 2.10. The van der Waals surface area contributed by atoms with Crippen LogP contribution in [0.2, 0.25) is 18.1 Å². The maximum absolute atomic E-state index is 2.32. The second-order valence-corrected chi connectivity index (χ2v) is 15.7. The van der Waals surface area contributed by atoms with E-state index in [1.54, 1.807) is 31.0 Å². The molecule has 0 N–H and O–H groups in total. The van der Waals surface area contributed by atoms with Crippen LogP contribution in [0.4, 0.5) is 0 Å². The summed E-state index contributed by atoms with van der Waals surface area (Å²) in [5, 5.41) is 0. The van der Waals surface area contributed by atoms with E-state index in [4.69, 9.17) is 0 Å². The van der Waals surface area contributed by atoms with Gasteiger partial charge in [-0.1, -0.05) is 210 Å². The van der Waals surface area contributed by atoms with Crippen molar-refractivity contribution in [2.45, 2.75) is 193 Å². The van der Waals surface area contributed by atoms with Crippen LogP contribution in [0.1, 0.15) is 174 Å². The lowest BCUT2D eigenvalue weighted by Crippen LogP contribution is -2.12. The molecule has 0 aliphatic heterocycles. The molecule has 1 aromatic carbocycles. The van der Waals surface area contributed by atoms with Gasteiger partial charge in [-0.15, -0.1) is 0 Å². The van der Waals surface area contributed by atoms with E-state index < -0.39 is 8.80 Å². The molecular weight excluding hydrogens is 460 g/mol. The first kappa shape index (κ1) is 34.5. The highest BCUT2D eigenvalue weighted by atomic mass is 28.3. The van der Waals surface area contributed by atoms with Gasteiger partial charge < -0.3 is 0 Å². The molecule has 0 radical (unpaired) electrons. The summed E-state index contributed by atoms with van der Waals surface area (Å²) < 4.78 is 0. The van der Waals surface area contributed by atoms with Gasteiger partial charge in [-0.2, -0.15) is 0 Å². The number of unbranched alkanes of at least 4 members (excludes halogenated alkanes) is 21. The summed E-state index contributed by atoms with van der Waals surface area (Å²) in [4.78, 5) is 0. The Balaban J connectivity index is 2.12. The molecule has 0 aliphatic carbocycles. The van der Waals surface area contributed by atoms with Gasteiger partial charge in [-0.05, 0) is 18.4 Å². The normalized spacial score (nSPS) is 11.5. The van der Waals surface area contributed by atoms with Gasteiger partial charge >= 0.3 is 0 Å². The number of aryl methyl sites for hydroxylation is 1. The van der Waals surface area contributed by atoms with Crippen molar-refractivity contribution in [3.8, 4) is 0 Å². The van der Waals surface area contributed by atoms with Crippen LogP contribution in [0.3, 0.4) is 0 Å². The molecule has 37 heavy (non-hydrogen) atoms. The van der Waals surface area contributed by atoms with Gasteiger partial charge in [0, 0.05) is 8.80 Å². The van der Waals surface area contributed by atoms with Crippen LogP contribution in [-0.4, -0.2) is 8.80 Å². The summed E-state index contributed by atoms with van der Waals surface area (Å²) in [6.45, 7) is 4.64. The third-order valence-corrected chi connectivity index (χ3v) is 12.3. The predicted octanol–water partition coefficient (Wildman–Crippen LogP) is 12.9. The fourth-order valence-electron chi connectivity index (χ4n) is 6.03. The molecule has 0 fully saturated rings. The highest BCUT2D eigenvalue weighted by Crippen LogP contribution is 2.21. The van der Waals surface area contributed by atoms with E-state index >= 15 is 0 Å². The molecule has 0 bridgehead atoms. The van der Waals surface area contributed by atoms with Gasteiger partial charge in [-0.25, -0.2) is 0 Å². The van der Waals surface area contributed by atoms with E-state index in [2.05, 4.69) is 44.2 Å². The summed E-state index contributed by atoms with van der Waals surface area (Å²) >= 11 is 0. The van der Waals surface area contributed by atoms with Crippen molar-refractivity contribution in [3.63, 3.8) is 0 Å². The number of benzene rings is 1. The molecule has 0 heterocycles. The summed E-state index contributed by atoms with van der Waals surface area (Å²) in [6.07, 6.45) is 36.7. The van der Waals surface area contributed by atoms with E-state index in [1.165, 1.54) is 153 Å². The van der Waals surface area contributed by atoms with Crippen LogP contribution in [0.5, 0.6) is 0 Å². The maximum atomic E-state index is 2.32. The zero-order valence-corrected chi connectivity index (χ0v) is 26.9. The van der Waals surface area contributed by atoms with Gasteiger partial charge in [0.1, 0.15) is 0 Å². The Labute approximate surface area is 236 Å². The summed E-state index contributed by atoms with van der Waals surface area (Å²) in [7, 11) is -0.501. The van der Waals surface area contributed by atoms with Crippen molar-refractivity contribution in [1.82, 2.24) is 0 Å². The largest absolute Gasteiger partial charge is 0.0654 e. The Morgan fingerprint density at radius 2 is 0.703 bits per heavy atom. The van der Waals surface area contributed by atoms with E-state index in [0.717, 1.165) is 0 Å². The molecule has 216 valence electrons. The van der Waals surface area contributed by atoms with Crippen molar-refractivity contribution in [2.75, 3.05) is 0 Å². The lowest BCUT2D eigenvalue weighted by molar-refractivity contribution is 0.559. The first-order valence-corrected chi connectivity index (χ1v) is 19.9. The minimum absolute atomic E-state index is 0.501. The first-order chi connectivity index (χ1) is 18.4. The summed E-state index contributed by atoms with van der Waals surface area (Å²) in [6, 6.07) is 16.0. The van der Waals surface area contributed by atoms with Crippen molar-refractivity contribution in [1.29, 1.82) is 0 Å². The third-order valence-electron chi connectivity index (χ3n) is 8.60. The van der Waals surface area contributed by atoms with E-state index in [9.17, 15) is 0 Å². The maximum Gasteiger partial charge on any atom is 0.0367 e. The highest BCUT2D eigenvalue weighted by molar-refractivity contribution is 6.58. The Hall–Kier alpha value is -0.563. The van der Waals surface area contributed by atoms with E-state index in [-0.39, 0.29) is 0 Å².